The summed E-state index contributed by atoms with van der Waals surface area (Å²) < 4.78 is 0. The highest BCUT2D eigenvalue weighted by molar-refractivity contribution is 4.83. The third-order valence-corrected chi connectivity index (χ3v) is 6.95. The molecular weight excluding hydrogens is 252 g/mol. The van der Waals surface area contributed by atoms with Gasteiger partial charge in [0.15, 0.2) is 0 Å². The molecule has 6 atom stereocenters. The van der Waals surface area contributed by atoms with Crippen LogP contribution < -0.4 is 0 Å². The molecule has 0 fully saturated rings. The molecule has 0 amide bonds. The highest BCUT2D eigenvalue weighted by Gasteiger charge is 2.33. The lowest BCUT2D eigenvalue weighted by molar-refractivity contribution is 0.0924. The zero-order valence-corrected chi connectivity index (χ0v) is 16.8. The predicted molar refractivity (Wildman–Crippen MR) is 98.6 cm³/mol. The number of hydrogen-bond donors (Lipinski definition) is 0. The Balaban J connectivity index is 4.68. The van der Waals surface area contributed by atoms with E-state index in [-0.39, 0.29) is 0 Å². The molecule has 0 radical (unpaired) electrons. The molecule has 0 bridgehead atoms. The second-order valence-corrected chi connectivity index (χ2v) is 8.83. The Morgan fingerprint density at radius 1 is 0.714 bits per heavy atom. The summed E-state index contributed by atoms with van der Waals surface area (Å²) in [4.78, 5) is 0. The van der Waals surface area contributed by atoms with Crippen molar-refractivity contribution in [3.8, 4) is 0 Å². The van der Waals surface area contributed by atoms with Crippen LogP contribution in [0.25, 0.3) is 0 Å². The first-order chi connectivity index (χ1) is 9.58. The topological polar surface area (TPSA) is 0 Å². The van der Waals surface area contributed by atoms with Crippen LogP contribution in [0.2, 0.25) is 0 Å². The first kappa shape index (κ1) is 21.0. The maximum absolute atomic E-state index is 2.49. The van der Waals surface area contributed by atoms with Crippen LogP contribution >= 0.6 is 0 Å². The Kier molecular flexibility index (Phi) is 9.21. The number of rotatable bonds is 10. The molecule has 6 unspecified atom stereocenters. The maximum atomic E-state index is 2.49. The molecule has 0 heterocycles. The fraction of sp³-hybridized carbons (Fsp3) is 1.00. The van der Waals surface area contributed by atoms with E-state index in [2.05, 4.69) is 69.2 Å². The van der Waals surface area contributed by atoms with Crippen molar-refractivity contribution in [2.45, 2.75) is 94.9 Å². The summed E-state index contributed by atoms with van der Waals surface area (Å²) in [6.07, 6.45) is 5.37. The molecule has 0 aromatic carbocycles. The molecule has 21 heavy (non-hydrogen) atoms. The Labute approximate surface area is 136 Å². The van der Waals surface area contributed by atoms with Gasteiger partial charge in [0.05, 0.1) is 0 Å². The van der Waals surface area contributed by atoms with Gasteiger partial charge in [-0.05, 0) is 47.3 Å². The lowest BCUT2D eigenvalue weighted by Gasteiger charge is -2.40. The third kappa shape index (κ3) is 6.33. The van der Waals surface area contributed by atoms with Crippen molar-refractivity contribution in [2.24, 2.45) is 40.9 Å². The van der Waals surface area contributed by atoms with E-state index in [1.54, 1.807) is 0 Å². The van der Waals surface area contributed by atoms with Crippen LogP contribution in [0.4, 0.5) is 0 Å². The minimum absolute atomic E-state index is 0.455. The van der Waals surface area contributed by atoms with E-state index in [1.807, 2.05) is 0 Å². The standard InChI is InChI=1S/C21H44/c1-11-13-16(4)18(6)19(7)17(5)14-21(9,10)20(8)15(3)12-2/h15-20H,11-14H2,1-10H3. The van der Waals surface area contributed by atoms with Gasteiger partial charge in [-0.2, -0.15) is 0 Å². The van der Waals surface area contributed by atoms with E-state index >= 15 is 0 Å². The fourth-order valence-electron chi connectivity index (χ4n) is 4.08. The summed E-state index contributed by atoms with van der Waals surface area (Å²) in [5.41, 5.74) is 0.455. The monoisotopic (exact) mass is 296 g/mol. The Hall–Kier alpha value is 0. The molecule has 128 valence electrons. The van der Waals surface area contributed by atoms with Crippen LogP contribution in [0.5, 0.6) is 0 Å². The zero-order chi connectivity index (χ0) is 16.8. The van der Waals surface area contributed by atoms with Gasteiger partial charge < -0.3 is 0 Å². The summed E-state index contributed by atoms with van der Waals surface area (Å²) >= 11 is 0. The Morgan fingerprint density at radius 2 is 1.19 bits per heavy atom. The summed E-state index contributed by atoms with van der Waals surface area (Å²) in [7, 11) is 0. The van der Waals surface area contributed by atoms with Crippen molar-refractivity contribution in [1.29, 1.82) is 0 Å². The number of hydrogen-bond acceptors (Lipinski definition) is 0. The maximum Gasteiger partial charge on any atom is -0.0323 e. The lowest BCUT2D eigenvalue weighted by Crippen LogP contribution is -2.32. The molecular formula is C21H44. The van der Waals surface area contributed by atoms with Crippen molar-refractivity contribution in [1.82, 2.24) is 0 Å². The van der Waals surface area contributed by atoms with E-state index < -0.39 is 0 Å². The van der Waals surface area contributed by atoms with Crippen molar-refractivity contribution >= 4 is 0 Å². The van der Waals surface area contributed by atoms with Gasteiger partial charge in [-0.3, -0.25) is 0 Å². The fourth-order valence-corrected chi connectivity index (χ4v) is 4.08. The molecule has 0 aliphatic carbocycles. The zero-order valence-electron chi connectivity index (χ0n) is 16.8. The minimum Gasteiger partial charge on any atom is -0.0654 e. The molecule has 0 aromatic heterocycles. The summed E-state index contributed by atoms with van der Waals surface area (Å²) in [5.74, 6) is 4.99. The molecule has 0 aromatic rings. The lowest BCUT2D eigenvalue weighted by atomic mass is 9.65. The van der Waals surface area contributed by atoms with Gasteiger partial charge in [0.2, 0.25) is 0 Å². The minimum atomic E-state index is 0.455. The molecule has 0 spiro atoms. The van der Waals surface area contributed by atoms with E-state index in [9.17, 15) is 0 Å². The van der Waals surface area contributed by atoms with Crippen molar-refractivity contribution in [3.63, 3.8) is 0 Å². The smallest absolute Gasteiger partial charge is 0.0323 e. The largest absolute Gasteiger partial charge is 0.0654 e. The Morgan fingerprint density at radius 3 is 1.62 bits per heavy atom. The molecule has 0 nitrogen and oxygen atoms in total. The summed E-state index contributed by atoms with van der Waals surface area (Å²) in [5, 5.41) is 0. The highest BCUT2D eigenvalue weighted by Crippen LogP contribution is 2.42. The van der Waals surface area contributed by atoms with Crippen LogP contribution in [0.1, 0.15) is 94.9 Å². The van der Waals surface area contributed by atoms with Crippen LogP contribution in [0.3, 0.4) is 0 Å². The second-order valence-electron chi connectivity index (χ2n) is 8.83. The molecule has 0 aliphatic heterocycles. The van der Waals surface area contributed by atoms with Crippen molar-refractivity contribution in [3.05, 3.63) is 0 Å². The molecule has 0 rings (SSSR count). The summed E-state index contributed by atoms with van der Waals surface area (Å²) in [6.45, 7) is 24.4. The first-order valence-corrected chi connectivity index (χ1v) is 9.58. The average Bonchev–Trinajstić information content (AvgIpc) is 2.43. The van der Waals surface area contributed by atoms with Crippen molar-refractivity contribution in [2.75, 3.05) is 0 Å². The van der Waals surface area contributed by atoms with Gasteiger partial charge in [-0.15, -0.1) is 0 Å². The Bertz CT molecular complexity index is 265. The van der Waals surface area contributed by atoms with E-state index in [4.69, 9.17) is 0 Å². The summed E-state index contributed by atoms with van der Waals surface area (Å²) in [6, 6.07) is 0. The first-order valence-electron chi connectivity index (χ1n) is 9.58. The third-order valence-electron chi connectivity index (χ3n) is 6.95. The van der Waals surface area contributed by atoms with Gasteiger partial charge in [0.1, 0.15) is 0 Å². The van der Waals surface area contributed by atoms with Gasteiger partial charge >= 0.3 is 0 Å². The van der Waals surface area contributed by atoms with Gasteiger partial charge in [0, 0.05) is 0 Å². The van der Waals surface area contributed by atoms with Crippen LogP contribution in [0, 0.1) is 40.9 Å². The molecule has 0 saturated heterocycles. The van der Waals surface area contributed by atoms with Gasteiger partial charge in [-0.1, -0.05) is 88.5 Å². The van der Waals surface area contributed by atoms with E-state index in [0.29, 0.717) is 5.41 Å². The van der Waals surface area contributed by atoms with E-state index in [0.717, 1.165) is 35.5 Å². The average molecular weight is 297 g/mol. The van der Waals surface area contributed by atoms with Crippen molar-refractivity contribution < 1.29 is 0 Å². The molecule has 0 heteroatoms. The molecule has 0 aliphatic rings. The quantitative estimate of drug-likeness (QED) is 0.393. The molecule has 0 N–H and O–H groups in total. The van der Waals surface area contributed by atoms with Crippen LogP contribution in [0.15, 0.2) is 0 Å². The second kappa shape index (κ2) is 9.21. The molecule has 0 saturated carbocycles. The van der Waals surface area contributed by atoms with E-state index in [1.165, 1.54) is 25.7 Å². The SMILES string of the molecule is CCCC(C)C(C)C(C)C(C)CC(C)(C)C(C)C(C)CC. The van der Waals surface area contributed by atoms with Crippen LogP contribution in [-0.4, -0.2) is 0 Å². The van der Waals surface area contributed by atoms with Gasteiger partial charge in [0.25, 0.3) is 0 Å². The normalized spacial score (nSPS) is 21.4. The predicted octanol–water partition coefficient (Wildman–Crippen LogP) is 7.43. The van der Waals surface area contributed by atoms with Crippen LogP contribution in [-0.2, 0) is 0 Å². The van der Waals surface area contributed by atoms with Gasteiger partial charge in [-0.25, -0.2) is 0 Å². The highest BCUT2D eigenvalue weighted by atomic mass is 14.4.